The van der Waals surface area contributed by atoms with Crippen molar-refractivity contribution in [2.24, 2.45) is 4.99 Å². The van der Waals surface area contributed by atoms with Crippen LogP contribution in [0.15, 0.2) is 35.3 Å². The van der Waals surface area contributed by atoms with Crippen LogP contribution in [0.3, 0.4) is 0 Å². The summed E-state index contributed by atoms with van der Waals surface area (Å²) in [5.74, 6) is 0.907. The van der Waals surface area contributed by atoms with E-state index in [2.05, 4.69) is 69.7 Å². The largest absolute Gasteiger partial charge is 0.356 e. The number of rotatable bonds is 7. The number of aryl methyl sites for hydroxylation is 1. The predicted molar refractivity (Wildman–Crippen MR) is 103 cm³/mol. The quantitative estimate of drug-likeness (QED) is 0.451. The summed E-state index contributed by atoms with van der Waals surface area (Å²) in [6, 6.07) is 11.2. The van der Waals surface area contributed by atoms with Crippen molar-refractivity contribution >= 4 is 5.96 Å². The van der Waals surface area contributed by atoms with Crippen molar-refractivity contribution in [2.45, 2.75) is 25.8 Å². The van der Waals surface area contributed by atoms with Crippen LogP contribution in [0, 0.1) is 0 Å². The highest BCUT2D eigenvalue weighted by atomic mass is 15.3. The summed E-state index contributed by atoms with van der Waals surface area (Å²) in [4.78, 5) is 9.27. The van der Waals surface area contributed by atoms with E-state index in [4.69, 9.17) is 0 Å². The fourth-order valence-electron chi connectivity index (χ4n) is 3.00. The zero-order valence-electron chi connectivity index (χ0n) is 15.5. The molecule has 0 amide bonds. The van der Waals surface area contributed by atoms with Crippen LogP contribution in [0.1, 0.15) is 18.9 Å². The van der Waals surface area contributed by atoms with Gasteiger partial charge in [0.15, 0.2) is 5.96 Å². The second-order valence-corrected chi connectivity index (χ2v) is 6.66. The van der Waals surface area contributed by atoms with E-state index >= 15 is 0 Å². The molecular weight excluding hydrogens is 298 g/mol. The van der Waals surface area contributed by atoms with Gasteiger partial charge in [-0.05, 0) is 32.4 Å². The summed E-state index contributed by atoms with van der Waals surface area (Å²) >= 11 is 0. The molecule has 1 heterocycles. The van der Waals surface area contributed by atoms with Crippen LogP contribution in [0.5, 0.6) is 0 Å². The Morgan fingerprint density at radius 1 is 1.12 bits per heavy atom. The molecule has 0 bridgehead atoms. The van der Waals surface area contributed by atoms with Crippen LogP contribution in [-0.2, 0) is 6.42 Å². The van der Waals surface area contributed by atoms with Gasteiger partial charge in [0.05, 0.1) is 0 Å². The first-order valence-corrected chi connectivity index (χ1v) is 9.10. The highest BCUT2D eigenvalue weighted by molar-refractivity contribution is 5.79. The predicted octanol–water partition coefficient (Wildman–Crippen LogP) is 1.42. The molecule has 0 aromatic heterocycles. The van der Waals surface area contributed by atoms with Gasteiger partial charge in [0.1, 0.15) is 0 Å². The minimum atomic E-state index is 0.529. The zero-order valence-corrected chi connectivity index (χ0v) is 15.5. The molecule has 2 N–H and O–H groups in total. The number of nitrogens with one attached hydrogen (secondary N) is 2. The lowest BCUT2D eigenvalue weighted by atomic mass is 10.1. The van der Waals surface area contributed by atoms with Crippen LogP contribution in [0.25, 0.3) is 0 Å². The van der Waals surface area contributed by atoms with E-state index in [1.165, 1.54) is 5.56 Å². The van der Waals surface area contributed by atoms with Gasteiger partial charge in [-0.15, -0.1) is 0 Å². The number of nitrogens with zero attached hydrogens (tertiary/aromatic N) is 3. The summed E-state index contributed by atoms with van der Waals surface area (Å²) < 4.78 is 0. The van der Waals surface area contributed by atoms with E-state index in [1.807, 2.05) is 7.05 Å². The Morgan fingerprint density at radius 2 is 1.83 bits per heavy atom. The molecule has 5 nitrogen and oxygen atoms in total. The first-order valence-electron chi connectivity index (χ1n) is 9.10. The number of benzene rings is 1. The third-order valence-electron chi connectivity index (χ3n) is 4.73. The monoisotopic (exact) mass is 331 g/mol. The summed E-state index contributed by atoms with van der Waals surface area (Å²) in [5.41, 5.74) is 1.39. The molecule has 0 aliphatic carbocycles. The third kappa shape index (κ3) is 6.49. The number of piperazine rings is 1. The Labute approximate surface area is 147 Å². The van der Waals surface area contributed by atoms with E-state index in [0.29, 0.717) is 6.04 Å². The van der Waals surface area contributed by atoms with Crippen LogP contribution in [-0.4, -0.2) is 75.2 Å². The minimum absolute atomic E-state index is 0.529. The van der Waals surface area contributed by atoms with Crippen LogP contribution < -0.4 is 10.6 Å². The topological polar surface area (TPSA) is 42.9 Å². The van der Waals surface area contributed by atoms with E-state index in [1.54, 1.807) is 0 Å². The smallest absolute Gasteiger partial charge is 0.191 e. The van der Waals surface area contributed by atoms with Crippen molar-refractivity contribution in [3.8, 4) is 0 Å². The third-order valence-corrected chi connectivity index (χ3v) is 4.73. The Morgan fingerprint density at radius 3 is 2.50 bits per heavy atom. The Hall–Kier alpha value is -1.59. The maximum absolute atomic E-state index is 4.33. The molecule has 1 atom stereocenters. The van der Waals surface area contributed by atoms with Crippen molar-refractivity contribution in [2.75, 3.05) is 53.4 Å². The lowest BCUT2D eigenvalue weighted by Crippen LogP contribution is -2.52. The maximum atomic E-state index is 4.33. The minimum Gasteiger partial charge on any atom is -0.356 e. The molecular formula is C19H33N5. The molecule has 1 aliphatic heterocycles. The SMILES string of the molecule is CN=C(NCCCc1ccccc1)NCC(C)N1CCN(C)CC1. The molecule has 0 radical (unpaired) electrons. The fraction of sp³-hybridized carbons (Fsp3) is 0.632. The number of likely N-dealkylation sites (N-methyl/N-ethyl adjacent to an activating group) is 1. The van der Waals surface area contributed by atoms with Gasteiger partial charge >= 0.3 is 0 Å². The molecule has 134 valence electrons. The number of guanidine groups is 1. The number of hydrogen-bond acceptors (Lipinski definition) is 3. The van der Waals surface area contributed by atoms with Gasteiger partial charge in [-0.1, -0.05) is 30.3 Å². The molecule has 1 aliphatic rings. The molecule has 1 saturated heterocycles. The molecule has 1 fully saturated rings. The van der Waals surface area contributed by atoms with E-state index in [9.17, 15) is 0 Å². The van der Waals surface area contributed by atoms with Gasteiger partial charge in [0.2, 0.25) is 0 Å². The Kier molecular flexibility index (Phi) is 8.05. The van der Waals surface area contributed by atoms with Crippen molar-refractivity contribution in [1.82, 2.24) is 20.4 Å². The average Bonchev–Trinajstić information content (AvgIpc) is 2.62. The molecule has 24 heavy (non-hydrogen) atoms. The Balaban J connectivity index is 1.61. The fourth-order valence-corrected chi connectivity index (χ4v) is 3.00. The Bertz CT molecular complexity index is 480. The van der Waals surface area contributed by atoms with Gasteiger partial charge in [0.25, 0.3) is 0 Å². The van der Waals surface area contributed by atoms with Gasteiger partial charge in [-0.25, -0.2) is 0 Å². The van der Waals surface area contributed by atoms with Crippen molar-refractivity contribution < 1.29 is 0 Å². The zero-order chi connectivity index (χ0) is 17.2. The normalized spacial score (nSPS) is 18.4. The summed E-state index contributed by atoms with van der Waals surface area (Å²) in [6.07, 6.45) is 2.21. The highest BCUT2D eigenvalue weighted by Gasteiger charge is 2.18. The molecule has 0 spiro atoms. The lowest BCUT2D eigenvalue weighted by Gasteiger charge is -2.36. The van der Waals surface area contributed by atoms with Crippen molar-refractivity contribution in [1.29, 1.82) is 0 Å². The average molecular weight is 332 g/mol. The van der Waals surface area contributed by atoms with E-state index in [0.717, 1.165) is 58.1 Å². The van der Waals surface area contributed by atoms with Crippen LogP contribution in [0.2, 0.25) is 0 Å². The first kappa shape index (κ1) is 18.7. The van der Waals surface area contributed by atoms with Gasteiger partial charge in [-0.2, -0.15) is 0 Å². The number of aliphatic imine (C=N–C) groups is 1. The molecule has 0 saturated carbocycles. The van der Waals surface area contributed by atoms with Crippen LogP contribution >= 0.6 is 0 Å². The maximum Gasteiger partial charge on any atom is 0.191 e. The standard InChI is InChI=1S/C19H33N5/c1-17(24-14-12-23(3)13-15-24)16-22-19(20-2)21-11-7-10-18-8-5-4-6-9-18/h4-6,8-9,17H,7,10-16H2,1-3H3,(H2,20,21,22). The number of hydrogen-bond donors (Lipinski definition) is 2. The molecule has 1 aromatic carbocycles. The van der Waals surface area contributed by atoms with Crippen molar-refractivity contribution in [3.05, 3.63) is 35.9 Å². The van der Waals surface area contributed by atoms with Crippen LogP contribution in [0.4, 0.5) is 0 Å². The summed E-state index contributed by atoms with van der Waals surface area (Å²) in [7, 11) is 4.04. The van der Waals surface area contributed by atoms with E-state index < -0.39 is 0 Å². The second kappa shape index (κ2) is 10.3. The molecule has 1 aromatic rings. The molecule has 2 rings (SSSR count). The first-order chi connectivity index (χ1) is 11.7. The van der Waals surface area contributed by atoms with Gasteiger partial charge in [-0.3, -0.25) is 9.89 Å². The molecule has 5 heteroatoms. The summed E-state index contributed by atoms with van der Waals surface area (Å²) in [5, 5.41) is 6.88. The highest BCUT2D eigenvalue weighted by Crippen LogP contribution is 2.04. The van der Waals surface area contributed by atoms with E-state index in [-0.39, 0.29) is 0 Å². The second-order valence-electron chi connectivity index (χ2n) is 6.66. The van der Waals surface area contributed by atoms with Gasteiger partial charge < -0.3 is 15.5 Å². The molecule has 1 unspecified atom stereocenters. The van der Waals surface area contributed by atoms with Gasteiger partial charge in [0, 0.05) is 52.4 Å². The van der Waals surface area contributed by atoms with Crippen molar-refractivity contribution in [3.63, 3.8) is 0 Å². The lowest BCUT2D eigenvalue weighted by molar-refractivity contribution is 0.120. The summed E-state index contributed by atoms with van der Waals surface area (Å²) in [6.45, 7) is 8.80.